The van der Waals surface area contributed by atoms with Gasteiger partial charge in [0.1, 0.15) is 12.2 Å². The number of benzene rings is 1. The van der Waals surface area contributed by atoms with Gasteiger partial charge in [-0.2, -0.15) is 0 Å². The van der Waals surface area contributed by atoms with E-state index in [1.165, 1.54) is 0 Å². The molecule has 3 nitrogen and oxygen atoms in total. The molecule has 110 valence electrons. The number of aliphatic hydroxyl groups is 1. The lowest BCUT2D eigenvalue weighted by atomic mass is 10.1. The Labute approximate surface area is 121 Å². The maximum atomic E-state index is 9.92. The van der Waals surface area contributed by atoms with Crippen LogP contribution in [0, 0.1) is 0 Å². The lowest BCUT2D eigenvalue weighted by molar-refractivity contribution is -0.0979. The number of rotatable bonds is 7. The molecule has 0 bridgehead atoms. The molecule has 20 heavy (non-hydrogen) atoms. The first-order valence-electron chi connectivity index (χ1n) is 7.43. The highest BCUT2D eigenvalue weighted by Gasteiger charge is 2.25. The van der Waals surface area contributed by atoms with Gasteiger partial charge in [0.05, 0.1) is 19.3 Å². The van der Waals surface area contributed by atoms with E-state index in [0.29, 0.717) is 13.2 Å². The zero-order chi connectivity index (χ0) is 14.2. The van der Waals surface area contributed by atoms with Gasteiger partial charge in [-0.25, -0.2) is 0 Å². The molecular weight excluding hydrogens is 252 g/mol. The van der Waals surface area contributed by atoms with Gasteiger partial charge in [0.15, 0.2) is 0 Å². The topological polar surface area (TPSA) is 38.7 Å². The van der Waals surface area contributed by atoms with Crippen molar-refractivity contribution in [2.75, 3.05) is 6.61 Å². The molecule has 0 spiro atoms. The van der Waals surface area contributed by atoms with Crippen molar-refractivity contribution in [3.63, 3.8) is 0 Å². The van der Waals surface area contributed by atoms with Crippen molar-refractivity contribution in [1.29, 1.82) is 0 Å². The largest absolute Gasteiger partial charge is 0.386 e. The predicted molar refractivity (Wildman–Crippen MR) is 79.4 cm³/mol. The molecule has 0 saturated carbocycles. The molecule has 0 saturated heterocycles. The first-order valence-corrected chi connectivity index (χ1v) is 7.43. The first-order chi connectivity index (χ1) is 9.79. The van der Waals surface area contributed by atoms with Crippen molar-refractivity contribution in [2.24, 2.45) is 0 Å². The predicted octanol–water partition coefficient (Wildman–Crippen LogP) is 3.08. The molecule has 1 heterocycles. The van der Waals surface area contributed by atoms with Crippen LogP contribution in [0.3, 0.4) is 0 Å². The summed E-state index contributed by atoms with van der Waals surface area (Å²) in [7, 11) is 0. The van der Waals surface area contributed by atoms with E-state index in [1.807, 2.05) is 42.5 Å². The van der Waals surface area contributed by atoms with Crippen LogP contribution < -0.4 is 0 Å². The average molecular weight is 276 g/mol. The van der Waals surface area contributed by atoms with Gasteiger partial charge in [-0.1, -0.05) is 62.2 Å². The fraction of sp³-hybridized carbons (Fsp3) is 0.529. The van der Waals surface area contributed by atoms with Gasteiger partial charge in [0.2, 0.25) is 0 Å². The molecule has 0 aromatic heterocycles. The van der Waals surface area contributed by atoms with Crippen LogP contribution in [0.25, 0.3) is 0 Å². The van der Waals surface area contributed by atoms with E-state index in [1.54, 1.807) is 0 Å². The Hall–Kier alpha value is -1.16. The van der Waals surface area contributed by atoms with E-state index >= 15 is 0 Å². The summed E-state index contributed by atoms with van der Waals surface area (Å²) >= 11 is 0. The molecule has 1 aliphatic heterocycles. The van der Waals surface area contributed by atoms with Gasteiger partial charge in [-0.05, 0) is 12.0 Å². The molecule has 1 aromatic carbocycles. The van der Waals surface area contributed by atoms with E-state index in [4.69, 9.17) is 9.47 Å². The third-order valence-electron chi connectivity index (χ3n) is 3.49. The van der Waals surface area contributed by atoms with Gasteiger partial charge < -0.3 is 14.6 Å². The second kappa shape index (κ2) is 8.20. The molecule has 3 atom stereocenters. The zero-order valence-electron chi connectivity index (χ0n) is 12.1. The molecule has 3 heteroatoms. The van der Waals surface area contributed by atoms with Gasteiger partial charge in [-0.15, -0.1) is 0 Å². The fourth-order valence-electron chi connectivity index (χ4n) is 2.29. The standard InChI is InChI=1S/C17H24O3/c1-2-3-9-15-10-11-16(18)17(20-15)13-19-12-14-7-5-4-6-8-14/h4-8,10-11,15-18H,2-3,9,12-13H2,1H3/t15-,16+,17-/m1/s1. The van der Waals surface area contributed by atoms with Crippen LogP contribution in [-0.4, -0.2) is 30.0 Å². The van der Waals surface area contributed by atoms with Crippen molar-refractivity contribution in [1.82, 2.24) is 0 Å². The van der Waals surface area contributed by atoms with Crippen molar-refractivity contribution in [3.05, 3.63) is 48.0 Å². The summed E-state index contributed by atoms with van der Waals surface area (Å²) in [6, 6.07) is 10.0. The van der Waals surface area contributed by atoms with E-state index in [-0.39, 0.29) is 12.2 Å². The molecule has 2 rings (SSSR count). The Morgan fingerprint density at radius 1 is 1.20 bits per heavy atom. The Balaban J connectivity index is 1.75. The summed E-state index contributed by atoms with van der Waals surface area (Å²) in [5.74, 6) is 0. The first kappa shape index (κ1) is 15.2. The van der Waals surface area contributed by atoms with Gasteiger partial charge in [0, 0.05) is 0 Å². The number of hydrogen-bond acceptors (Lipinski definition) is 3. The van der Waals surface area contributed by atoms with Gasteiger partial charge in [-0.3, -0.25) is 0 Å². The van der Waals surface area contributed by atoms with Crippen LogP contribution in [0.2, 0.25) is 0 Å². The monoisotopic (exact) mass is 276 g/mol. The SMILES string of the molecule is CCCC[C@@H]1C=C[C@H](O)[C@@H](COCc2ccccc2)O1. The quantitative estimate of drug-likeness (QED) is 0.778. The Kier molecular flexibility index (Phi) is 6.25. The van der Waals surface area contributed by atoms with Crippen molar-refractivity contribution < 1.29 is 14.6 Å². The number of unbranched alkanes of at least 4 members (excludes halogenated alkanes) is 1. The fourth-order valence-corrected chi connectivity index (χ4v) is 2.29. The molecule has 0 radical (unpaired) electrons. The maximum absolute atomic E-state index is 9.92. The summed E-state index contributed by atoms with van der Waals surface area (Å²) < 4.78 is 11.5. The molecule has 1 aliphatic rings. The molecule has 1 N–H and O–H groups in total. The summed E-state index contributed by atoms with van der Waals surface area (Å²) in [5, 5.41) is 9.92. The smallest absolute Gasteiger partial charge is 0.111 e. The van der Waals surface area contributed by atoms with Crippen LogP contribution >= 0.6 is 0 Å². The molecule has 0 amide bonds. The van der Waals surface area contributed by atoms with E-state index in [2.05, 4.69) is 6.92 Å². The molecule has 0 unspecified atom stereocenters. The number of hydrogen-bond donors (Lipinski definition) is 1. The molecular formula is C17H24O3. The Bertz CT molecular complexity index is 402. The van der Waals surface area contributed by atoms with Crippen LogP contribution in [0.4, 0.5) is 0 Å². The Morgan fingerprint density at radius 2 is 2.00 bits per heavy atom. The molecule has 0 fully saturated rings. The number of ether oxygens (including phenoxy) is 2. The second-order valence-corrected chi connectivity index (χ2v) is 5.23. The summed E-state index contributed by atoms with van der Waals surface area (Å²) in [4.78, 5) is 0. The normalized spacial score (nSPS) is 25.8. The van der Waals surface area contributed by atoms with Crippen LogP contribution in [0.5, 0.6) is 0 Å². The summed E-state index contributed by atoms with van der Waals surface area (Å²) in [5.41, 5.74) is 1.14. The Morgan fingerprint density at radius 3 is 2.75 bits per heavy atom. The van der Waals surface area contributed by atoms with Crippen LogP contribution in [0.15, 0.2) is 42.5 Å². The molecule has 1 aromatic rings. The minimum atomic E-state index is -0.566. The van der Waals surface area contributed by atoms with E-state index < -0.39 is 6.10 Å². The maximum Gasteiger partial charge on any atom is 0.111 e. The van der Waals surface area contributed by atoms with E-state index in [0.717, 1.165) is 24.8 Å². The van der Waals surface area contributed by atoms with Crippen LogP contribution in [0.1, 0.15) is 31.7 Å². The highest BCUT2D eigenvalue weighted by Crippen LogP contribution is 2.18. The zero-order valence-corrected chi connectivity index (χ0v) is 12.1. The summed E-state index contributed by atoms with van der Waals surface area (Å²) in [6.07, 6.45) is 6.40. The lowest BCUT2D eigenvalue weighted by Crippen LogP contribution is -2.38. The van der Waals surface area contributed by atoms with Crippen LogP contribution in [-0.2, 0) is 16.1 Å². The average Bonchev–Trinajstić information content (AvgIpc) is 2.49. The third-order valence-corrected chi connectivity index (χ3v) is 3.49. The van der Waals surface area contributed by atoms with Crippen molar-refractivity contribution >= 4 is 0 Å². The van der Waals surface area contributed by atoms with Gasteiger partial charge >= 0.3 is 0 Å². The minimum Gasteiger partial charge on any atom is -0.386 e. The van der Waals surface area contributed by atoms with Gasteiger partial charge in [0.25, 0.3) is 0 Å². The lowest BCUT2D eigenvalue weighted by Gasteiger charge is -2.29. The highest BCUT2D eigenvalue weighted by molar-refractivity contribution is 5.13. The van der Waals surface area contributed by atoms with Crippen molar-refractivity contribution in [2.45, 2.75) is 51.1 Å². The third kappa shape index (κ3) is 4.75. The minimum absolute atomic E-state index is 0.115. The van der Waals surface area contributed by atoms with Crippen molar-refractivity contribution in [3.8, 4) is 0 Å². The highest BCUT2D eigenvalue weighted by atomic mass is 16.5. The number of aliphatic hydroxyl groups excluding tert-OH is 1. The summed E-state index contributed by atoms with van der Waals surface area (Å²) in [6.45, 7) is 3.14. The van der Waals surface area contributed by atoms with E-state index in [9.17, 15) is 5.11 Å². The molecule has 0 aliphatic carbocycles. The second-order valence-electron chi connectivity index (χ2n) is 5.23.